The summed E-state index contributed by atoms with van der Waals surface area (Å²) in [6, 6.07) is 7.54. The lowest BCUT2D eigenvalue weighted by Crippen LogP contribution is -2.32. The molecule has 24 heavy (non-hydrogen) atoms. The van der Waals surface area contributed by atoms with Gasteiger partial charge in [0, 0.05) is 24.1 Å². The summed E-state index contributed by atoms with van der Waals surface area (Å²) in [6.07, 6.45) is 2.25. The fourth-order valence-corrected chi connectivity index (χ4v) is 3.47. The summed E-state index contributed by atoms with van der Waals surface area (Å²) in [5.74, 6) is 0.682. The third-order valence-electron chi connectivity index (χ3n) is 3.87. The molecule has 1 aliphatic heterocycles. The molecular weight excluding hydrogens is 346 g/mol. The minimum absolute atomic E-state index is 0. The van der Waals surface area contributed by atoms with Crippen LogP contribution in [0.2, 0.25) is 0 Å². The number of rotatable bonds is 7. The first-order valence-corrected chi connectivity index (χ1v) is 8.95. The van der Waals surface area contributed by atoms with Gasteiger partial charge >= 0.3 is 0 Å². The highest BCUT2D eigenvalue weighted by Gasteiger charge is 2.17. The summed E-state index contributed by atoms with van der Waals surface area (Å²) < 4.78 is 0. The molecule has 1 aromatic carbocycles. The minimum atomic E-state index is -0.136. The van der Waals surface area contributed by atoms with Gasteiger partial charge in [0.05, 0.1) is 5.25 Å². The standard InChI is InChI=1S/C17H25N3O2S.ClH/c1-12(17(22)19-10-8-14-7-9-18-11-14)23-16-5-3-15(4-6-16)20-13(2)21;/h3-6,12,14,18H,7-11H2,1-2H3,(H,19,22)(H,20,21);1H. The van der Waals surface area contributed by atoms with Gasteiger partial charge in [0.2, 0.25) is 11.8 Å². The van der Waals surface area contributed by atoms with Gasteiger partial charge in [0.1, 0.15) is 0 Å². The van der Waals surface area contributed by atoms with Gasteiger partial charge in [-0.3, -0.25) is 9.59 Å². The van der Waals surface area contributed by atoms with E-state index in [1.807, 2.05) is 31.2 Å². The van der Waals surface area contributed by atoms with E-state index in [2.05, 4.69) is 16.0 Å². The molecule has 0 aliphatic carbocycles. The van der Waals surface area contributed by atoms with Gasteiger partial charge in [-0.05, 0) is 63.0 Å². The minimum Gasteiger partial charge on any atom is -0.355 e. The normalized spacial score (nSPS) is 17.7. The molecule has 7 heteroatoms. The molecule has 0 spiro atoms. The van der Waals surface area contributed by atoms with Gasteiger partial charge in [-0.2, -0.15) is 0 Å². The number of benzene rings is 1. The maximum Gasteiger partial charge on any atom is 0.233 e. The zero-order chi connectivity index (χ0) is 16.7. The molecule has 2 unspecified atom stereocenters. The molecule has 1 fully saturated rings. The van der Waals surface area contributed by atoms with E-state index >= 15 is 0 Å². The SMILES string of the molecule is CC(=O)Nc1ccc(SC(C)C(=O)NCCC2CCNC2)cc1.Cl. The summed E-state index contributed by atoms with van der Waals surface area (Å²) in [7, 11) is 0. The Morgan fingerprint density at radius 3 is 2.62 bits per heavy atom. The van der Waals surface area contributed by atoms with Crippen LogP contribution in [0.3, 0.4) is 0 Å². The Morgan fingerprint density at radius 1 is 1.33 bits per heavy atom. The van der Waals surface area contributed by atoms with Crippen LogP contribution in [-0.2, 0) is 9.59 Å². The van der Waals surface area contributed by atoms with Crippen molar-refractivity contribution in [2.24, 2.45) is 5.92 Å². The Kier molecular flexibility index (Phi) is 9.18. The van der Waals surface area contributed by atoms with Gasteiger partial charge in [-0.25, -0.2) is 0 Å². The van der Waals surface area contributed by atoms with Crippen molar-refractivity contribution in [2.75, 3.05) is 25.0 Å². The molecule has 1 saturated heterocycles. The van der Waals surface area contributed by atoms with Crippen molar-refractivity contribution in [3.8, 4) is 0 Å². The molecule has 1 aliphatic rings. The number of hydrogen-bond acceptors (Lipinski definition) is 4. The monoisotopic (exact) mass is 371 g/mol. The van der Waals surface area contributed by atoms with Crippen molar-refractivity contribution in [1.29, 1.82) is 0 Å². The largest absolute Gasteiger partial charge is 0.355 e. The summed E-state index contributed by atoms with van der Waals surface area (Å²) in [5.41, 5.74) is 0.768. The fraction of sp³-hybridized carbons (Fsp3) is 0.529. The van der Waals surface area contributed by atoms with Crippen LogP contribution in [0.1, 0.15) is 26.7 Å². The number of amides is 2. The van der Waals surface area contributed by atoms with E-state index in [1.54, 1.807) is 0 Å². The van der Waals surface area contributed by atoms with E-state index in [1.165, 1.54) is 25.1 Å². The van der Waals surface area contributed by atoms with E-state index in [9.17, 15) is 9.59 Å². The van der Waals surface area contributed by atoms with Gasteiger partial charge in [0.15, 0.2) is 0 Å². The number of halogens is 1. The van der Waals surface area contributed by atoms with Crippen LogP contribution in [0.4, 0.5) is 5.69 Å². The van der Waals surface area contributed by atoms with Crippen LogP contribution in [0, 0.1) is 5.92 Å². The lowest BCUT2D eigenvalue weighted by Gasteiger charge is -2.14. The summed E-state index contributed by atoms with van der Waals surface area (Å²) in [5, 5.41) is 8.96. The van der Waals surface area contributed by atoms with Crippen LogP contribution < -0.4 is 16.0 Å². The maximum absolute atomic E-state index is 12.1. The van der Waals surface area contributed by atoms with Crippen molar-refractivity contribution in [3.05, 3.63) is 24.3 Å². The van der Waals surface area contributed by atoms with Gasteiger partial charge in [-0.15, -0.1) is 24.2 Å². The second-order valence-corrected chi connectivity index (χ2v) is 7.32. The van der Waals surface area contributed by atoms with Crippen LogP contribution in [-0.4, -0.2) is 36.7 Å². The first-order valence-electron chi connectivity index (χ1n) is 8.07. The Bertz CT molecular complexity index is 533. The topological polar surface area (TPSA) is 70.2 Å². The second kappa shape index (κ2) is 10.6. The third-order valence-corrected chi connectivity index (χ3v) is 4.98. The quantitative estimate of drug-likeness (QED) is 0.644. The Balaban J connectivity index is 0.00000288. The molecule has 134 valence electrons. The van der Waals surface area contributed by atoms with E-state index in [0.717, 1.165) is 36.6 Å². The molecule has 0 radical (unpaired) electrons. The van der Waals surface area contributed by atoms with Gasteiger partial charge in [-0.1, -0.05) is 0 Å². The number of anilines is 1. The zero-order valence-corrected chi connectivity index (χ0v) is 15.8. The number of carbonyl (C=O) groups is 2. The molecule has 5 nitrogen and oxygen atoms in total. The molecule has 2 amide bonds. The maximum atomic E-state index is 12.1. The van der Waals surface area contributed by atoms with Crippen LogP contribution in [0.5, 0.6) is 0 Å². The van der Waals surface area contributed by atoms with Gasteiger partial charge in [0.25, 0.3) is 0 Å². The molecular formula is C17H26ClN3O2S. The number of nitrogens with one attached hydrogen (secondary N) is 3. The lowest BCUT2D eigenvalue weighted by atomic mass is 10.1. The lowest BCUT2D eigenvalue weighted by molar-refractivity contribution is -0.120. The number of carbonyl (C=O) groups excluding carboxylic acids is 2. The van der Waals surface area contributed by atoms with Crippen LogP contribution in [0.25, 0.3) is 0 Å². The smallest absolute Gasteiger partial charge is 0.233 e. The van der Waals surface area contributed by atoms with Crippen molar-refractivity contribution < 1.29 is 9.59 Å². The Morgan fingerprint density at radius 2 is 2.04 bits per heavy atom. The molecule has 2 rings (SSSR count). The van der Waals surface area contributed by atoms with E-state index < -0.39 is 0 Å². The highest BCUT2D eigenvalue weighted by molar-refractivity contribution is 8.00. The van der Waals surface area contributed by atoms with Crippen molar-refractivity contribution >= 4 is 41.7 Å². The molecule has 1 heterocycles. The third kappa shape index (κ3) is 7.11. The van der Waals surface area contributed by atoms with E-state index in [4.69, 9.17) is 0 Å². The summed E-state index contributed by atoms with van der Waals surface area (Å²) >= 11 is 1.52. The molecule has 0 aromatic heterocycles. The molecule has 3 N–H and O–H groups in total. The Hall–Kier alpha value is -1.24. The molecule has 2 atom stereocenters. The second-order valence-electron chi connectivity index (χ2n) is 5.90. The van der Waals surface area contributed by atoms with Crippen molar-refractivity contribution in [1.82, 2.24) is 10.6 Å². The first-order chi connectivity index (χ1) is 11.0. The van der Waals surface area contributed by atoms with Crippen LogP contribution >= 0.6 is 24.2 Å². The highest BCUT2D eigenvalue weighted by Crippen LogP contribution is 2.24. The Labute approximate surface area is 154 Å². The average molecular weight is 372 g/mol. The summed E-state index contributed by atoms with van der Waals surface area (Å²) in [4.78, 5) is 24.1. The summed E-state index contributed by atoms with van der Waals surface area (Å²) in [6.45, 7) is 6.31. The zero-order valence-electron chi connectivity index (χ0n) is 14.1. The number of thioether (sulfide) groups is 1. The average Bonchev–Trinajstić information content (AvgIpc) is 3.02. The van der Waals surface area contributed by atoms with Crippen molar-refractivity contribution in [3.63, 3.8) is 0 Å². The van der Waals surface area contributed by atoms with Crippen LogP contribution in [0.15, 0.2) is 29.2 Å². The van der Waals surface area contributed by atoms with E-state index in [0.29, 0.717) is 5.92 Å². The number of hydrogen-bond donors (Lipinski definition) is 3. The molecule has 0 saturated carbocycles. The fourth-order valence-electron chi connectivity index (χ4n) is 2.58. The van der Waals surface area contributed by atoms with Crippen molar-refractivity contribution in [2.45, 2.75) is 36.8 Å². The highest BCUT2D eigenvalue weighted by atomic mass is 35.5. The predicted octanol–water partition coefficient (Wildman–Crippen LogP) is 2.66. The van der Waals surface area contributed by atoms with E-state index in [-0.39, 0.29) is 29.5 Å². The first kappa shape index (κ1) is 20.8. The molecule has 1 aromatic rings. The predicted molar refractivity (Wildman–Crippen MR) is 102 cm³/mol. The van der Waals surface area contributed by atoms with Gasteiger partial charge < -0.3 is 16.0 Å². The molecule has 0 bridgehead atoms.